The van der Waals surface area contributed by atoms with E-state index in [9.17, 15) is 0 Å². The first kappa shape index (κ1) is 39.7. The van der Waals surface area contributed by atoms with E-state index in [0.717, 1.165) is 69.7 Å². The zero-order valence-corrected chi connectivity index (χ0v) is 33.1. The molecule has 0 amide bonds. The normalized spacial score (nSPS) is 15.2. The van der Waals surface area contributed by atoms with Crippen LogP contribution in [0.5, 0.6) is 0 Å². The van der Waals surface area contributed by atoms with Gasteiger partial charge in [-0.3, -0.25) is 0 Å². The number of rotatable bonds is 6. The third-order valence-electron chi connectivity index (χ3n) is 11.2. The Labute approximate surface area is 352 Å². The van der Waals surface area contributed by atoms with Crippen LogP contribution in [0, 0.1) is 39.4 Å². The summed E-state index contributed by atoms with van der Waals surface area (Å²) in [5.41, 5.74) is 13.8. The number of para-hydroxylation sites is 6. The van der Waals surface area contributed by atoms with Crippen LogP contribution in [-0.2, 0) is 0 Å². The van der Waals surface area contributed by atoms with Gasteiger partial charge in [0.15, 0.2) is 0 Å². The van der Waals surface area contributed by atoms with Gasteiger partial charge in [-0.15, -0.1) is 0 Å². The highest BCUT2D eigenvalue weighted by atomic mass is 14.7. The second kappa shape index (κ2) is 18.6. The van der Waals surface area contributed by atoms with E-state index in [-0.39, 0.29) is 0 Å². The van der Waals surface area contributed by atoms with Crippen LogP contribution in [0.1, 0.15) is 53.7 Å². The fraction of sp³-hybridized carbons (Fsp3) is 0.111. The van der Waals surface area contributed by atoms with Crippen LogP contribution in [0.3, 0.4) is 0 Å². The molecule has 0 radical (unpaired) electrons. The summed E-state index contributed by atoms with van der Waals surface area (Å²) in [6.45, 7) is 34.0. The van der Waals surface area contributed by atoms with Gasteiger partial charge in [0.2, 0.25) is 0 Å². The summed E-state index contributed by atoms with van der Waals surface area (Å²) in [7, 11) is 0. The molecule has 1 saturated carbocycles. The van der Waals surface area contributed by atoms with Crippen LogP contribution in [0.2, 0.25) is 0 Å². The lowest BCUT2D eigenvalue weighted by Gasteiger charge is -2.34. The largest absolute Gasteiger partial charge is 0.347 e. The van der Waals surface area contributed by atoms with Crippen molar-refractivity contribution in [1.82, 2.24) is 0 Å². The lowest BCUT2D eigenvalue weighted by Crippen LogP contribution is -2.20. The summed E-state index contributed by atoms with van der Waals surface area (Å²) in [5, 5.41) is 0. The molecule has 1 aliphatic carbocycles. The van der Waals surface area contributed by atoms with E-state index in [1.807, 2.05) is 109 Å². The Balaban J connectivity index is 0.000000181. The smallest absolute Gasteiger partial charge is 0.0614 e. The average Bonchev–Trinajstić information content (AvgIpc) is 3.33. The van der Waals surface area contributed by atoms with Gasteiger partial charge in [0.05, 0.1) is 16.7 Å². The Kier molecular flexibility index (Phi) is 12.3. The van der Waals surface area contributed by atoms with E-state index in [4.69, 9.17) is 39.4 Å². The van der Waals surface area contributed by atoms with Crippen molar-refractivity contribution in [2.45, 2.75) is 37.0 Å². The fourth-order valence-corrected chi connectivity index (χ4v) is 8.52. The lowest BCUT2D eigenvalue weighted by molar-refractivity contribution is 0.353. The van der Waals surface area contributed by atoms with E-state index in [0.29, 0.717) is 34.8 Å². The SMILES string of the molecule is C#[N+]c1ccccc1-c1cc(-c2ccccc2[N+]#C)cc(-c2ccccc2[N+]#C)c1.C#[N+]c1ccccc1C1CC(c2ccccc2[N+]#C)CC(c2ccccc2[N+]#C)C1. The Morgan fingerprint density at radius 1 is 0.283 bits per heavy atom. The lowest BCUT2D eigenvalue weighted by atomic mass is 9.68. The fourth-order valence-electron chi connectivity index (χ4n) is 8.52. The van der Waals surface area contributed by atoms with Crippen LogP contribution in [0.4, 0.5) is 34.1 Å². The standard InChI is InChI=1S/C27H24N3.C27H18N3/c2*1-28-25-13-7-4-10-22(25)19-16-20(23-11-5-8-14-26(23)29-2)18-21(17-19)24-12-6-9-15-27(24)30-3/h1-15,19-21H,16-18H2;1-18H/q2*+3. The molecule has 7 aromatic carbocycles. The van der Waals surface area contributed by atoms with Crippen molar-refractivity contribution in [3.63, 3.8) is 0 Å². The van der Waals surface area contributed by atoms with Gasteiger partial charge in [0.1, 0.15) is 0 Å². The Morgan fingerprint density at radius 3 is 0.750 bits per heavy atom. The summed E-state index contributed by atoms with van der Waals surface area (Å²) in [4.78, 5) is 23.9. The van der Waals surface area contributed by atoms with Crippen LogP contribution < -0.4 is 0 Å². The van der Waals surface area contributed by atoms with E-state index < -0.39 is 0 Å². The zero-order valence-electron chi connectivity index (χ0n) is 33.1. The molecule has 0 aliphatic heterocycles. The van der Waals surface area contributed by atoms with Crippen LogP contribution >= 0.6 is 0 Å². The van der Waals surface area contributed by atoms with Crippen molar-refractivity contribution in [3.8, 4) is 72.8 Å². The maximum Gasteiger partial charge on any atom is 0.347 e. The summed E-state index contributed by atoms with van der Waals surface area (Å²) in [6, 6.07) is 53.9. The van der Waals surface area contributed by atoms with Crippen LogP contribution in [-0.4, -0.2) is 0 Å². The van der Waals surface area contributed by atoms with Crippen molar-refractivity contribution in [1.29, 1.82) is 0 Å². The molecule has 0 bridgehead atoms. The third-order valence-corrected chi connectivity index (χ3v) is 11.2. The topological polar surface area (TPSA) is 26.2 Å². The second-order valence-electron chi connectivity index (χ2n) is 14.6. The zero-order chi connectivity index (χ0) is 41.8. The molecule has 6 heteroatoms. The van der Waals surface area contributed by atoms with Gasteiger partial charge in [-0.25, -0.2) is 0 Å². The molecular formula is C54H42N6+6. The molecular weight excluding hydrogens is 733 g/mol. The monoisotopic (exact) mass is 774 g/mol. The highest BCUT2D eigenvalue weighted by Gasteiger charge is 2.38. The molecule has 8 rings (SSSR count). The van der Waals surface area contributed by atoms with Gasteiger partial charge in [0, 0.05) is 53.1 Å². The van der Waals surface area contributed by atoms with Crippen molar-refractivity contribution in [2.75, 3.05) is 0 Å². The van der Waals surface area contributed by atoms with Crippen molar-refractivity contribution >= 4 is 34.1 Å². The van der Waals surface area contributed by atoms with Gasteiger partial charge >= 0.3 is 34.1 Å². The quantitative estimate of drug-likeness (QED) is 0.161. The molecule has 0 N–H and O–H groups in total. The summed E-state index contributed by atoms with van der Waals surface area (Å²) in [5.74, 6) is 0.900. The van der Waals surface area contributed by atoms with E-state index in [1.165, 1.54) is 16.7 Å². The van der Waals surface area contributed by atoms with E-state index >= 15 is 0 Å². The molecule has 0 heterocycles. The molecule has 6 nitrogen and oxygen atoms in total. The maximum absolute atomic E-state index is 5.70. The molecule has 1 fully saturated rings. The first-order valence-corrected chi connectivity index (χ1v) is 19.7. The van der Waals surface area contributed by atoms with Gasteiger partial charge in [-0.1, -0.05) is 91.0 Å². The first-order chi connectivity index (χ1) is 29.5. The van der Waals surface area contributed by atoms with Gasteiger partial charge in [-0.05, 0) is 119 Å². The Morgan fingerprint density at radius 2 is 0.500 bits per heavy atom. The average molecular weight is 775 g/mol. The predicted octanol–water partition coefficient (Wildman–Crippen LogP) is 16.8. The van der Waals surface area contributed by atoms with Crippen molar-refractivity contribution in [2.24, 2.45) is 0 Å². The van der Waals surface area contributed by atoms with Gasteiger partial charge < -0.3 is 0 Å². The molecule has 282 valence electrons. The molecule has 60 heavy (non-hydrogen) atoms. The van der Waals surface area contributed by atoms with E-state index in [2.05, 4.69) is 83.7 Å². The van der Waals surface area contributed by atoms with E-state index in [1.54, 1.807) is 0 Å². The summed E-state index contributed by atoms with van der Waals surface area (Å²) in [6.07, 6.45) is 2.95. The van der Waals surface area contributed by atoms with Crippen molar-refractivity contribution in [3.05, 3.63) is 210 Å². The van der Waals surface area contributed by atoms with Crippen LogP contribution in [0.25, 0.3) is 62.5 Å². The highest BCUT2D eigenvalue weighted by molar-refractivity contribution is 5.91. The Hall–Kier alpha value is -8.52. The molecule has 0 atom stereocenters. The number of benzene rings is 7. The number of nitrogens with zero attached hydrogens (tertiary/aromatic N) is 6. The molecule has 0 saturated heterocycles. The third kappa shape index (κ3) is 8.43. The Bertz CT molecular complexity index is 2630. The number of hydrogen-bond donors (Lipinski definition) is 0. The van der Waals surface area contributed by atoms with Crippen molar-refractivity contribution < 1.29 is 0 Å². The summed E-state index contributed by atoms with van der Waals surface area (Å²) < 4.78 is 0. The van der Waals surface area contributed by atoms with Gasteiger partial charge in [0.25, 0.3) is 39.4 Å². The first-order valence-electron chi connectivity index (χ1n) is 19.7. The summed E-state index contributed by atoms with van der Waals surface area (Å²) >= 11 is 0. The highest BCUT2D eigenvalue weighted by Crippen LogP contribution is 2.52. The molecule has 0 unspecified atom stereocenters. The minimum absolute atomic E-state index is 0.300. The molecule has 1 aliphatic rings. The molecule has 0 aromatic heterocycles. The minimum atomic E-state index is 0.300. The second-order valence-corrected chi connectivity index (χ2v) is 14.6. The molecule has 7 aromatic rings. The maximum atomic E-state index is 5.70. The predicted molar refractivity (Wildman–Crippen MR) is 252 cm³/mol. The molecule has 0 spiro atoms. The van der Waals surface area contributed by atoms with Crippen LogP contribution in [0.15, 0.2) is 164 Å². The van der Waals surface area contributed by atoms with Gasteiger partial charge in [-0.2, -0.15) is 0 Å². The minimum Gasteiger partial charge on any atom is -0.0614 e. The number of hydrogen-bond acceptors (Lipinski definition) is 0.